The number of benzene rings is 3. The van der Waals surface area contributed by atoms with E-state index in [1.54, 1.807) is 6.20 Å². The average Bonchev–Trinajstić information content (AvgIpc) is 3.47. The molecule has 0 saturated carbocycles. The number of nitrogens with one attached hydrogen (secondary N) is 3. The molecule has 3 aromatic carbocycles. The molecule has 1 aliphatic rings. The second-order valence-corrected chi connectivity index (χ2v) is 10.9. The molecular weight excluding hydrogens is 540 g/mol. The Labute approximate surface area is 251 Å². The molecule has 1 aliphatic heterocycles. The van der Waals surface area contributed by atoms with Gasteiger partial charge in [-0.3, -0.25) is 4.79 Å². The first-order valence-corrected chi connectivity index (χ1v) is 14.6. The molecule has 0 aliphatic carbocycles. The highest BCUT2D eigenvalue weighted by Gasteiger charge is 2.24. The van der Waals surface area contributed by atoms with Gasteiger partial charge in [0.05, 0.1) is 10.9 Å². The Morgan fingerprint density at radius 3 is 2.47 bits per heavy atom. The van der Waals surface area contributed by atoms with Gasteiger partial charge in [-0.05, 0) is 62.3 Å². The molecule has 0 amide bonds. The van der Waals surface area contributed by atoms with E-state index in [1.807, 2.05) is 93.0 Å². The Hall–Kier alpha value is -4.73. The number of hydrogen-bond acceptors (Lipinski definition) is 8. The number of ketones is 1. The van der Waals surface area contributed by atoms with Crippen molar-refractivity contribution in [2.24, 2.45) is 0 Å². The van der Waals surface area contributed by atoms with Gasteiger partial charge in [-0.25, -0.2) is 0 Å². The SMILES string of the molecule is CN(C)CCOc1ccc(Nc2nc(NC3CCOCC3)c3c(C(=O)c4ccccc4-c4ccccc4)c[nH]c3n2)cc1. The summed E-state index contributed by atoms with van der Waals surface area (Å²) in [5.74, 6) is 1.75. The van der Waals surface area contributed by atoms with E-state index < -0.39 is 0 Å². The van der Waals surface area contributed by atoms with Crippen molar-refractivity contribution in [3.05, 3.63) is 96.2 Å². The van der Waals surface area contributed by atoms with Crippen molar-refractivity contribution in [1.29, 1.82) is 0 Å². The maximum Gasteiger partial charge on any atom is 0.231 e. The Kier molecular flexibility index (Phi) is 8.62. The van der Waals surface area contributed by atoms with Crippen molar-refractivity contribution in [3.63, 3.8) is 0 Å². The molecule has 3 heterocycles. The fourth-order valence-corrected chi connectivity index (χ4v) is 5.21. The van der Waals surface area contributed by atoms with Crippen LogP contribution in [0, 0.1) is 0 Å². The minimum atomic E-state index is -0.0881. The Bertz CT molecular complexity index is 1680. The number of aromatic amines is 1. The van der Waals surface area contributed by atoms with Crippen LogP contribution in [0.5, 0.6) is 5.75 Å². The van der Waals surface area contributed by atoms with Gasteiger partial charge in [0.15, 0.2) is 5.78 Å². The van der Waals surface area contributed by atoms with Gasteiger partial charge in [0.25, 0.3) is 0 Å². The Balaban J connectivity index is 1.33. The number of H-pyrrole nitrogens is 1. The van der Waals surface area contributed by atoms with Crippen LogP contribution in [0.4, 0.5) is 17.5 Å². The lowest BCUT2D eigenvalue weighted by atomic mass is 9.94. The quantitative estimate of drug-likeness (QED) is 0.161. The Morgan fingerprint density at radius 2 is 1.70 bits per heavy atom. The number of rotatable bonds is 11. The number of anilines is 3. The highest BCUT2D eigenvalue weighted by molar-refractivity contribution is 6.20. The molecular formula is C34H36N6O3. The van der Waals surface area contributed by atoms with Crippen LogP contribution in [0.15, 0.2) is 85.1 Å². The molecule has 0 spiro atoms. The van der Waals surface area contributed by atoms with Crippen molar-refractivity contribution < 1.29 is 14.3 Å². The third-order valence-electron chi connectivity index (χ3n) is 7.51. The topological polar surface area (TPSA) is 104 Å². The van der Waals surface area contributed by atoms with Gasteiger partial charge >= 0.3 is 0 Å². The molecule has 1 saturated heterocycles. The van der Waals surface area contributed by atoms with E-state index in [0.717, 1.165) is 42.0 Å². The maximum atomic E-state index is 14.1. The average molecular weight is 577 g/mol. The number of aromatic nitrogens is 3. The summed E-state index contributed by atoms with van der Waals surface area (Å²) in [6, 6.07) is 25.6. The van der Waals surface area contributed by atoms with Crippen molar-refractivity contribution in [2.75, 3.05) is 51.1 Å². The summed E-state index contributed by atoms with van der Waals surface area (Å²) >= 11 is 0. The first kappa shape index (κ1) is 28.4. The summed E-state index contributed by atoms with van der Waals surface area (Å²) in [5.41, 5.74) is 4.44. The van der Waals surface area contributed by atoms with Crippen LogP contribution in [0.25, 0.3) is 22.2 Å². The van der Waals surface area contributed by atoms with Gasteiger partial charge in [0.1, 0.15) is 23.8 Å². The van der Waals surface area contributed by atoms with Crippen LogP contribution < -0.4 is 15.4 Å². The summed E-state index contributed by atoms with van der Waals surface area (Å²) in [6.07, 6.45) is 3.45. The lowest BCUT2D eigenvalue weighted by molar-refractivity contribution is 0.0904. The molecule has 9 nitrogen and oxygen atoms in total. The standard InChI is InChI=1S/C34H36N6O3/c1-40(2)18-21-43-26-14-12-24(13-15-26)37-34-38-32-30(33(39-34)36-25-16-19-42-20-17-25)29(22-35-32)31(41)28-11-7-6-10-27(28)23-8-4-3-5-9-23/h3-15,22,25H,16-21H2,1-2H3,(H3,35,36,37,38,39). The third kappa shape index (κ3) is 6.69. The molecule has 43 heavy (non-hydrogen) atoms. The normalized spacial score (nSPS) is 13.7. The molecule has 0 bridgehead atoms. The van der Waals surface area contributed by atoms with Crippen molar-refractivity contribution in [3.8, 4) is 16.9 Å². The minimum Gasteiger partial charge on any atom is -0.492 e. The number of ether oxygens (including phenoxy) is 2. The molecule has 3 N–H and O–H groups in total. The fraction of sp³-hybridized carbons (Fsp3) is 0.265. The van der Waals surface area contributed by atoms with Gasteiger partial charge in [-0.2, -0.15) is 9.97 Å². The lowest BCUT2D eigenvalue weighted by Crippen LogP contribution is -2.28. The van der Waals surface area contributed by atoms with Crippen LogP contribution in [-0.4, -0.2) is 72.1 Å². The van der Waals surface area contributed by atoms with Crippen molar-refractivity contribution in [2.45, 2.75) is 18.9 Å². The van der Waals surface area contributed by atoms with Gasteiger partial charge < -0.3 is 30.0 Å². The number of likely N-dealkylation sites (N-methyl/N-ethyl adjacent to an activating group) is 1. The molecule has 6 rings (SSSR count). The lowest BCUT2D eigenvalue weighted by Gasteiger charge is -2.24. The number of hydrogen-bond donors (Lipinski definition) is 3. The second-order valence-electron chi connectivity index (χ2n) is 10.9. The summed E-state index contributed by atoms with van der Waals surface area (Å²) in [4.78, 5) is 29.1. The Morgan fingerprint density at radius 1 is 0.953 bits per heavy atom. The smallest absolute Gasteiger partial charge is 0.231 e. The molecule has 1 fully saturated rings. The molecule has 5 aromatic rings. The summed E-state index contributed by atoms with van der Waals surface area (Å²) in [6.45, 7) is 2.83. The largest absolute Gasteiger partial charge is 0.492 e. The minimum absolute atomic E-state index is 0.0881. The zero-order chi connectivity index (χ0) is 29.6. The van der Waals surface area contributed by atoms with E-state index in [2.05, 4.69) is 20.5 Å². The van der Waals surface area contributed by atoms with Crippen LogP contribution in [0.2, 0.25) is 0 Å². The van der Waals surface area contributed by atoms with Gasteiger partial charge in [-0.15, -0.1) is 0 Å². The van der Waals surface area contributed by atoms with Crippen molar-refractivity contribution in [1.82, 2.24) is 19.9 Å². The predicted octanol–water partition coefficient (Wildman–Crippen LogP) is 6.13. The molecule has 9 heteroatoms. The third-order valence-corrected chi connectivity index (χ3v) is 7.51. The zero-order valence-corrected chi connectivity index (χ0v) is 24.5. The maximum absolute atomic E-state index is 14.1. The van der Waals surface area contributed by atoms with Crippen molar-refractivity contribution >= 4 is 34.3 Å². The molecule has 0 atom stereocenters. The number of fused-ring (bicyclic) bond motifs is 1. The monoisotopic (exact) mass is 576 g/mol. The molecule has 0 unspecified atom stereocenters. The fourth-order valence-electron chi connectivity index (χ4n) is 5.21. The predicted molar refractivity (Wildman–Crippen MR) is 170 cm³/mol. The van der Waals surface area contributed by atoms with E-state index in [0.29, 0.717) is 53.7 Å². The van der Waals surface area contributed by atoms with Crippen LogP contribution in [0.1, 0.15) is 28.8 Å². The van der Waals surface area contributed by atoms with E-state index in [9.17, 15) is 4.79 Å². The highest BCUT2D eigenvalue weighted by atomic mass is 16.5. The number of carbonyl (C=O) groups excluding carboxylic acids is 1. The second kappa shape index (κ2) is 13.1. The summed E-state index contributed by atoms with van der Waals surface area (Å²) in [5, 5.41) is 7.60. The summed E-state index contributed by atoms with van der Waals surface area (Å²) < 4.78 is 11.4. The van der Waals surface area contributed by atoms with Gasteiger partial charge in [0.2, 0.25) is 5.95 Å². The van der Waals surface area contributed by atoms with Crippen LogP contribution in [-0.2, 0) is 4.74 Å². The molecule has 220 valence electrons. The number of nitrogens with zero attached hydrogens (tertiary/aromatic N) is 3. The van der Waals surface area contributed by atoms with Crippen LogP contribution >= 0.6 is 0 Å². The van der Waals surface area contributed by atoms with Gasteiger partial charge in [-0.1, -0.05) is 54.6 Å². The zero-order valence-electron chi connectivity index (χ0n) is 24.5. The van der Waals surface area contributed by atoms with E-state index in [4.69, 9.17) is 19.4 Å². The van der Waals surface area contributed by atoms with E-state index in [1.165, 1.54) is 0 Å². The first-order chi connectivity index (χ1) is 21.0. The summed E-state index contributed by atoms with van der Waals surface area (Å²) in [7, 11) is 4.04. The highest BCUT2D eigenvalue weighted by Crippen LogP contribution is 2.32. The molecule has 2 aromatic heterocycles. The first-order valence-electron chi connectivity index (χ1n) is 14.6. The van der Waals surface area contributed by atoms with E-state index in [-0.39, 0.29) is 11.8 Å². The van der Waals surface area contributed by atoms with Crippen LogP contribution in [0.3, 0.4) is 0 Å². The van der Waals surface area contributed by atoms with E-state index >= 15 is 0 Å². The van der Waals surface area contributed by atoms with Gasteiger partial charge in [0, 0.05) is 43.2 Å². The molecule has 0 radical (unpaired) electrons. The number of carbonyl (C=O) groups is 1.